The molecule has 0 saturated carbocycles. The molecule has 1 fully saturated rings. The molecule has 1 unspecified atom stereocenters. The Morgan fingerprint density at radius 2 is 1.75 bits per heavy atom. The highest BCUT2D eigenvalue weighted by atomic mass is 28.4. The van der Waals surface area contributed by atoms with Crippen molar-refractivity contribution in [2.75, 3.05) is 30.1 Å². The number of carbonyl (C=O) groups is 2. The molecule has 4 aromatic carbocycles. The molecule has 5 atom stereocenters. The van der Waals surface area contributed by atoms with Gasteiger partial charge in [0, 0.05) is 35.5 Å². The molecule has 5 aromatic rings. The molecule has 55 heavy (non-hydrogen) atoms. The van der Waals surface area contributed by atoms with E-state index in [0.29, 0.717) is 52.8 Å². The summed E-state index contributed by atoms with van der Waals surface area (Å²) in [6.07, 6.45) is 1.65. The van der Waals surface area contributed by atoms with Crippen LogP contribution in [0, 0.1) is 5.92 Å². The largest absolute Gasteiger partial charge is 0.497 e. The highest BCUT2D eigenvalue weighted by Crippen LogP contribution is 2.60. The number of hydrogen-bond donors (Lipinski definition) is 1. The summed E-state index contributed by atoms with van der Waals surface area (Å²) >= 11 is 0. The van der Waals surface area contributed by atoms with Gasteiger partial charge in [0.05, 0.1) is 49.4 Å². The Morgan fingerprint density at radius 1 is 1.00 bits per heavy atom. The molecule has 1 spiro atoms. The van der Waals surface area contributed by atoms with Crippen molar-refractivity contribution in [2.45, 2.75) is 62.7 Å². The minimum atomic E-state index is -3.41. The quantitative estimate of drug-likeness (QED) is 0.114. The maximum Gasteiger partial charge on any atom is 0.269 e. The van der Waals surface area contributed by atoms with Crippen LogP contribution in [0.15, 0.2) is 103 Å². The molecule has 0 radical (unpaired) electrons. The van der Waals surface area contributed by atoms with Crippen LogP contribution in [0.1, 0.15) is 41.6 Å². The van der Waals surface area contributed by atoms with Crippen molar-refractivity contribution in [3.05, 3.63) is 126 Å². The van der Waals surface area contributed by atoms with Crippen LogP contribution in [0.5, 0.6) is 11.5 Å². The van der Waals surface area contributed by atoms with Crippen LogP contribution in [-0.4, -0.2) is 66.7 Å². The fourth-order valence-electron chi connectivity index (χ4n) is 8.80. The minimum absolute atomic E-state index is 0.0552. The number of methoxy groups -OCH3 is 1. The van der Waals surface area contributed by atoms with E-state index in [1.807, 2.05) is 110 Å². The number of fused-ring (bicyclic) bond motifs is 3. The molecular weight excluding hydrogens is 718 g/mol. The van der Waals surface area contributed by atoms with Crippen LogP contribution >= 0.6 is 0 Å². The molecule has 284 valence electrons. The number of hydrogen-bond acceptors (Lipinski definition) is 8. The minimum Gasteiger partial charge on any atom is -0.497 e. The van der Waals surface area contributed by atoms with Crippen molar-refractivity contribution in [1.29, 1.82) is 0 Å². The van der Waals surface area contributed by atoms with Crippen LogP contribution in [0.4, 0.5) is 21.2 Å². The highest BCUT2D eigenvalue weighted by molar-refractivity contribution is 6.72. The maximum absolute atomic E-state index is 16.5. The lowest BCUT2D eigenvalue weighted by molar-refractivity contribution is -0.146. The molecule has 3 aliphatic heterocycles. The number of rotatable bonds is 11. The van der Waals surface area contributed by atoms with E-state index < -0.39 is 31.6 Å². The van der Waals surface area contributed by atoms with E-state index in [1.165, 1.54) is 0 Å². The molecule has 2 amide bonds. The van der Waals surface area contributed by atoms with Gasteiger partial charge in [-0.15, -0.1) is 5.10 Å². The van der Waals surface area contributed by atoms with Gasteiger partial charge in [-0.1, -0.05) is 66.7 Å². The molecular formula is C42H44FN5O6Si. The Labute approximate surface area is 320 Å². The third-order valence-corrected chi connectivity index (χ3v) is 13.8. The zero-order valence-corrected chi connectivity index (χ0v) is 32.3. The van der Waals surface area contributed by atoms with Gasteiger partial charge >= 0.3 is 0 Å². The van der Waals surface area contributed by atoms with Gasteiger partial charge in [0.25, 0.3) is 11.8 Å². The number of carbonyl (C=O) groups excluding carboxylic acids is 2. The van der Waals surface area contributed by atoms with Gasteiger partial charge in [-0.05, 0) is 73.1 Å². The topological polar surface area (TPSA) is 119 Å². The Balaban J connectivity index is 1.07. The van der Waals surface area contributed by atoms with E-state index in [2.05, 4.69) is 10.3 Å². The lowest BCUT2D eigenvalue weighted by Gasteiger charge is -2.31. The van der Waals surface area contributed by atoms with E-state index in [-0.39, 0.29) is 37.5 Å². The predicted molar refractivity (Wildman–Crippen MR) is 208 cm³/mol. The zero-order chi connectivity index (χ0) is 38.5. The number of aliphatic hydroxyl groups is 1. The summed E-state index contributed by atoms with van der Waals surface area (Å²) in [7, 11) is -1.83. The summed E-state index contributed by atoms with van der Waals surface area (Å²) < 4.78 is 36.4. The van der Waals surface area contributed by atoms with Crippen molar-refractivity contribution < 1.29 is 33.0 Å². The first-order chi connectivity index (χ1) is 26.5. The van der Waals surface area contributed by atoms with Crippen molar-refractivity contribution in [1.82, 2.24) is 15.0 Å². The molecule has 1 aromatic heterocycles. The Kier molecular flexibility index (Phi) is 9.56. The van der Waals surface area contributed by atoms with Crippen molar-refractivity contribution in [2.24, 2.45) is 5.92 Å². The number of ether oxygens (including phenoxy) is 3. The van der Waals surface area contributed by atoms with Gasteiger partial charge in [-0.3, -0.25) is 19.2 Å². The van der Waals surface area contributed by atoms with E-state index in [1.54, 1.807) is 34.7 Å². The van der Waals surface area contributed by atoms with Gasteiger partial charge < -0.3 is 28.3 Å². The number of para-hydroxylation sites is 2. The first-order valence-corrected chi connectivity index (χ1v) is 21.6. The van der Waals surface area contributed by atoms with Crippen LogP contribution in [0.25, 0.3) is 0 Å². The predicted octanol–water partition coefficient (Wildman–Crippen LogP) is 6.88. The molecule has 1 saturated heterocycles. The van der Waals surface area contributed by atoms with Gasteiger partial charge in [0.15, 0.2) is 12.2 Å². The molecule has 1 N–H and O–H groups in total. The van der Waals surface area contributed by atoms with Crippen molar-refractivity contribution in [3.8, 4) is 11.5 Å². The second-order valence-electron chi connectivity index (χ2n) is 15.0. The van der Waals surface area contributed by atoms with E-state index in [4.69, 9.17) is 14.2 Å². The Bertz CT molecular complexity index is 2210. The van der Waals surface area contributed by atoms with Crippen molar-refractivity contribution in [3.63, 3.8) is 0 Å². The maximum atomic E-state index is 16.5. The molecule has 13 heteroatoms. The zero-order valence-electron chi connectivity index (χ0n) is 31.3. The van der Waals surface area contributed by atoms with Crippen LogP contribution < -0.4 is 19.3 Å². The second-order valence-corrected chi connectivity index (χ2v) is 18.8. The van der Waals surface area contributed by atoms with Crippen molar-refractivity contribution >= 4 is 37.3 Å². The number of halogens is 1. The standard InChI is InChI=1S/C42H44FN5O6Si/c1-27-40(55(3,4)43)38(20-21-46-24-34(44-45-46)32(25-49)29-10-6-5-7-11-29)54-42(27)33-22-31(52-2)18-19-35(33)47(41(42)51)23-28-14-16-30(17-15-28)48-36-12-8-9-13-37(36)53-26-39(48)50/h5-19,22,24,27,32,38,40,49H,20-21,23,25-26H2,1-4H3/t27-,32?,38+,40-,42+/m1/s1. The molecule has 0 aliphatic carbocycles. The Hall–Kier alpha value is -5.37. The highest BCUT2D eigenvalue weighted by Gasteiger charge is 2.66. The first-order valence-electron chi connectivity index (χ1n) is 18.6. The summed E-state index contributed by atoms with van der Waals surface area (Å²) in [5.74, 6) is -0.0103. The number of benzene rings is 4. The average Bonchev–Trinajstić information content (AvgIpc) is 3.85. The number of aromatic nitrogens is 3. The number of nitrogens with zero attached hydrogens (tertiary/aromatic N) is 5. The normalized spacial score (nSPS) is 22.5. The van der Waals surface area contributed by atoms with Crippen LogP contribution in [0.3, 0.4) is 0 Å². The second kappa shape index (κ2) is 14.4. The van der Waals surface area contributed by atoms with E-state index >= 15 is 4.11 Å². The molecule has 8 rings (SSSR count). The van der Waals surface area contributed by atoms with Gasteiger partial charge in [0.2, 0.25) is 8.41 Å². The summed E-state index contributed by atoms with van der Waals surface area (Å²) in [6.45, 7) is 5.77. The number of anilines is 3. The summed E-state index contributed by atoms with van der Waals surface area (Å²) in [5.41, 5.74) is 3.22. The molecule has 0 bridgehead atoms. The lowest BCUT2D eigenvalue weighted by Crippen LogP contribution is -2.45. The van der Waals surface area contributed by atoms with Gasteiger partial charge in [-0.2, -0.15) is 0 Å². The van der Waals surface area contributed by atoms with E-state index in [0.717, 1.165) is 11.1 Å². The van der Waals surface area contributed by atoms with Gasteiger partial charge in [0.1, 0.15) is 11.5 Å². The first kappa shape index (κ1) is 36.6. The Morgan fingerprint density at radius 3 is 2.47 bits per heavy atom. The summed E-state index contributed by atoms with van der Waals surface area (Å²) in [6, 6.07) is 30.2. The number of aryl methyl sites for hydroxylation is 1. The molecule has 11 nitrogen and oxygen atoms in total. The van der Waals surface area contributed by atoms with E-state index in [9.17, 15) is 14.7 Å². The van der Waals surface area contributed by atoms with Crippen LogP contribution in [0.2, 0.25) is 18.6 Å². The third kappa shape index (κ3) is 6.39. The smallest absolute Gasteiger partial charge is 0.269 e. The summed E-state index contributed by atoms with van der Waals surface area (Å²) in [5, 5.41) is 18.9. The molecule has 4 heterocycles. The third-order valence-electron chi connectivity index (χ3n) is 11.4. The molecule has 3 aliphatic rings. The number of amides is 2. The van der Waals surface area contributed by atoms with Crippen LogP contribution in [-0.2, 0) is 33.0 Å². The van der Waals surface area contributed by atoms with Gasteiger partial charge in [-0.25, -0.2) is 0 Å². The monoisotopic (exact) mass is 761 g/mol. The SMILES string of the molecule is COc1ccc2c(c1)[C@]1(O[C@@H](CCn3cc(C(CO)c4ccccc4)nn3)[C@H]([Si](C)(C)F)[C@H]1C)C(=O)N2Cc1ccc(N2C(=O)COc3ccccc32)cc1. The fourth-order valence-corrected chi connectivity index (χ4v) is 11.3. The number of aliphatic hydroxyl groups excluding tert-OH is 1. The average molecular weight is 762 g/mol. The summed E-state index contributed by atoms with van der Waals surface area (Å²) in [4.78, 5) is 31.3. The fraction of sp³-hybridized carbons (Fsp3) is 0.333. The lowest BCUT2D eigenvalue weighted by atomic mass is 9.82.